The minimum absolute atomic E-state index is 0.340. The summed E-state index contributed by atoms with van der Waals surface area (Å²) in [6.45, 7) is 3.88. The number of nitrogens with two attached hydrogens (primary N) is 1. The van der Waals surface area contributed by atoms with E-state index in [4.69, 9.17) is 20.2 Å². The van der Waals surface area contributed by atoms with E-state index < -0.39 is 0 Å². The van der Waals surface area contributed by atoms with Gasteiger partial charge in [0.05, 0.1) is 34.5 Å². The number of anilines is 1. The molecule has 0 aliphatic carbocycles. The number of imidazole rings is 1. The summed E-state index contributed by atoms with van der Waals surface area (Å²) < 4.78 is 29.5. The van der Waals surface area contributed by atoms with Gasteiger partial charge in [-0.25, -0.2) is 14.4 Å². The van der Waals surface area contributed by atoms with Crippen LogP contribution in [0.15, 0.2) is 24.3 Å². The Balaban J connectivity index is 1.78. The van der Waals surface area contributed by atoms with Crippen LogP contribution in [0, 0.1) is 5.82 Å². The van der Waals surface area contributed by atoms with Crippen molar-refractivity contribution in [1.29, 1.82) is 0 Å². The molecule has 1 aliphatic rings. The van der Waals surface area contributed by atoms with Gasteiger partial charge in [0.1, 0.15) is 22.8 Å². The molecule has 2 N–H and O–H groups in total. The summed E-state index contributed by atoms with van der Waals surface area (Å²) >= 11 is 1.15. The van der Waals surface area contributed by atoms with E-state index >= 15 is 4.39 Å². The first-order chi connectivity index (χ1) is 13.7. The number of aryl methyl sites for hydroxylation is 1. The minimum Gasteiger partial charge on any atom is -0.494 e. The highest BCUT2D eigenvalue weighted by Gasteiger charge is 2.23. The van der Waals surface area contributed by atoms with Crippen molar-refractivity contribution < 1.29 is 13.9 Å². The molecule has 144 valence electrons. The lowest BCUT2D eigenvalue weighted by atomic mass is 10.1. The minimum atomic E-state index is -0.340. The van der Waals surface area contributed by atoms with Gasteiger partial charge in [0, 0.05) is 18.7 Å². The Morgan fingerprint density at radius 2 is 2.14 bits per heavy atom. The van der Waals surface area contributed by atoms with Crippen LogP contribution >= 0.6 is 11.3 Å². The maximum Gasteiger partial charge on any atom is 0.181 e. The Bertz CT molecular complexity index is 1200. The predicted octanol–water partition coefficient (Wildman–Crippen LogP) is 4.61. The second-order valence-electron chi connectivity index (χ2n) is 6.69. The Morgan fingerprint density at radius 3 is 3.00 bits per heavy atom. The lowest BCUT2D eigenvalue weighted by molar-refractivity contribution is 0.294. The van der Waals surface area contributed by atoms with E-state index in [0.717, 1.165) is 47.5 Å². The van der Waals surface area contributed by atoms with E-state index in [1.807, 2.05) is 23.6 Å². The van der Waals surface area contributed by atoms with Crippen molar-refractivity contribution in [2.75, 3.05) is 18.9 Å². The SMILES string of the molecule is CCOc1cc2c3c(c1)nc(-c1ccc4nc(N)sc4c1F)n3CCCCO2. The summed E-state index contributed by atoms with van der Waals surface area (Å²) in [7, 11) is 0. The number of nitrogen functional groups attached to an aromatic ring is 1. The fourth-order valence-corrected chi connectivity index (χ4v) is 4.46. The first-order valence-electron chi connectivity index (χ1n) is 9.30. The van der Waals surface area contributed by atoms with Crippen LogP contribution in [-0.4, -0.2) is 27.7 Å². The van der Waals surface area contributed by atoms with Crippen LogP contribution in [0.2, 0.25) is 0 Å². The maximum atomic E-state index is 15.3. The Hall–Kier alpha value is -2.87. The molecule has 0 unspecified atom stereocenters. The predicted molar refractivity (Wildman–Crippen MR) is 109 cm³/mol. The molecule has 0 atom stereocenters. The first kappa shape index (κ1) is 17.2. The number of nitrogens with zero attached hydrogens (tertiary/aromatic N) is 3. The van der Waals surface area contributed by atoms with Gasteiger partial charge in [-0.15, -0.1) is 0 Å². The van der Waals surface area contributed by atoms with Crippen LogP contribution < -0.4 is 15.2 Å². The zero-order valence-corrected chi connectivity index (χ0v) is 16.2. The van der Waals surface area contributed by atoms with Crippen molar-refractivity contribution in [2.24, 2.45) is 0 Å². The van der Waals surface area contributed by atoms with Gasteiger partial charge >= 0.3 is 0 Å². The highest BCUT2D eigenvalue weighted by molar-refractivity contribution is 7.22. The van der Waals surface area contributed by atoms with E-state index in [9.17, 15) is 0 Å². The van der Waals surface area contributed by atoms with E-state index in [1.165, 1.54) is 0 Å². The number of ether oxygens (including phenoxy) is 2. The normalized spacial score (nSPS) is 14.1. The second kappa shape index (κ2) is 6.63. The van der Waals surface area contributed by atoms with Crippen molar-refractivity contribution in [3.63, 3.8) is 0 Å². The summed E-state index contributed by atoms with van der Waals surface area (Å²) in [4.78, 5) is 8.94. The summed E-state index contributed by atoms with van der Waals surface area (Å²) in [5.41, 5.74) is 8.39. The van der Waals surface area contributed by atoms with Crippen molar-refractivity contribution in [2.45, 2.75) is 26.3 Å². The van der Waals surface area contributed by atoms with Crippen LogP contribution in [-0.2, 0) is 6.54 Å². The Kier molecular flexibility index (Phi) is 4.08. The fourth-order valence-electron chi connectivity index (χ4n) is 3.69. The van der Waals surface area contributed by atoms with Crippen molar-refractivity contribution in [1.82, 2.24) is 14.5 Å². The van der Waals surface area contributed by atoms with Crippen LogP contribution in [0.4, 0.5) is 9.52 Å². The highest BCUT2D eigenvalue weighted by atomic mass is 32.1. The molecule has 3 heterocycles. The molecule has 0 spiro atoms. The van der Waals surface area contributed by atoms with E-state index in [0.29, 0.717) is 45.7 Å². The first-order valence-corrected chi connectivity index (χ1v) is 10.1. The Labute approximate surface area is 164 Å². The van der Waals surface area contributed by atoms with Crippen molar-refractivity contribution >= 4 is 37.7 Å². The third-order valence-electron chi connectivity index (χ3n) is 4.88. The molecule has 0 radical (unpaired) electrons. The largest absolute Gasteiger partial charge is 0.494 e. The highest BCUT2D eigenvalue weighted by Crippen LogP contribution is 2.39. The van der Waals surface area contributed by atoms with Crippen molar-refractivity contribution in [3.8, 4) is 22.9 Å². The molecule has 8 heteroatoms. The lowest BCUT2D eigenvalue weighted by Crippen LogP contribution is -2.09. The molecule has 5 rings (SSSR count). The molecule has 0 saturated carbocycles. The third-order valence-corrected chi connectivity index (χ3v) is 5.77. The molecule has 0 saturated heterocycles. The third kappa shape index (κ3) is 2.67. The monoisotopic (exact) mass is 398 g/mol. The number of thiazole rings is 1. The van der Waals surface area contributed by atoms with Gasteiger partial charge in [0.25, 0.3) is 0 Å². The number of hydrogen-bond donors (Lipinski definition) is 1. The summed E-state index contributed by atoms with van der Waals surface area (Å²) in [6.07, 6.45) is 1.85. The molecule has 28 heavy (non-hydrogen) atoms. The topological polar surface area (TPSA) is 75.2 Å². The number of fused-ring (bicyclic) bond motifs is 1. The van der Waals surface area contributed by atoms with E-state index in [-0.39, 0.29) is 5.82 Å². The quantitative estimate of drug-likeness (QED) is 0.546. The van der Waals surface area contributed by atoms with E-state index in [2.05, 4.69) is 4.98 Å². The lowest BCUT2D eigenvalue weighted by Gasteiger charge is -2.17. The van der Waals surface area contributed by atoms with E-state index in [1.54, 1.807) is 12.1 Å². The van der Waals surface area contributed by atoms with Gasteiger partial charge < -0.3 is 19.8 Å². The molecular formula is C20H19FN4O2S. The fraction of sp³-hybridized carbons (Fsp3) is 0.300. The van der Waals surface area contributed by atoms with Gasteiger partial charge in [0.2, 0.25) is 0 Å². The van der Waals surface area contributed by atoms with Gasteiger partial charge in [-0.1, -0.05) is 11.3 Å². The number of benzene rings is 2. The zero-order chi connectivity index (χ0) is 19.3. The number of rotatable bonds is 3. The molecule has 0 fully saturated rings. The number of hydrogen-bond acceptors (Lipinski definition) is 6. The molecule has 4 aromatic rings. The molecule has 6 nitrogen and oxygen atoms in total. The molecule has 0 amide bonds. The standard InChI is InChI=1S/C20H19FN4O2S/c1-2-26-11-9-14-17-15(10-11)27-8-4-3-7-25(17)19(23-14)12-5-6-13-18(16(12)21)28-20(22)24-13/h5-6,9-10H,2-4,7-8H2,1H3,(H2,22,24). The summed E-state index contributed by atoms with van der Waals surface area (Å²) in [6, 6.07) is 7.29. The van der Waals surface area contributed by atoms with Crippen LogP contribution in [0.25, 0.3) is 32.6 Å². The molecule has 1 aliphatic heterocycles. The van der Waals surface area contributed by atoms with Crippen LogP contribution in [0.3, 0.4) is 0 Å². The Morgan fingerprint density at radius 1 is 1.25 bits per heavy atom. The van der Waals surface area contributed by atoms with Crippen LogP contribution in [0.1, 0.15) is 19.8 Å². The van der Waals surface area contributed by atoms with Crippen LogP contribution in [0.5, 0.6) is 11.5 Å². The molecule has 2 aromatic heterocycles. The average Bonchev–Trinajstić information content (AvgIpc) is 3.20. The number of aromatic nitrogens is 3. The smallest absolute Gasteiger partial charge is 0.181 e. The maximum absolute atomic E-state index is 15.3. The molecular weight excluding hydrogens is 379 g/mol. The summed E-state index contributed by atoms with van der Waals surface area (Å²) in [5.74, 6) is 1.67. The van der Waals surface area contributed by atoms with Gasteiger partial charge in [-0.3, -0.25) is 0 Å². The molecule has 0 bridgehead atoms. The molecule has 2 aromatic carbocycles. The van der Waals surface area contributed by atoms with Gasteiger partial charge in [-0.2, -0.15) is 0 Å². The van der Waals surface area contributed by atoms with Gasteiger partial charge in [0.15, 0.2) is 10.9 Å². The second-order valence-corrected chi connectivity index (χ2v) is 7.72. The van der Waals surface area contributed by atoms with Crippen molar-refractivity contribution in [3.05, 3.63) is 30.1 Å². The van der Waals surface area contributed by atoms with Gasteiger partial charge in [-0.05, 0) is 31.9 Å². The number of halogens is 1. The zero-order valence-electron chi connectivity index (χ0n) is 15.4. The summed E-state index contributed by atoms with van der Waals surface area (Å²) in [5, 5.41) is 0.353. The average molecular weight is 398 g/mol.